The molecule has 1 heterocycles. The number of halogens is 2. The minimum Gasteiger partial charge on any atom is -0.267 e. The summed E-state index contributed by atoms with van der Waals surface area (Å²) >= 11 is 4.52. The van der Waals surface area contributed by atoms with Crippen LogP contribution in [0.2, 0.25) is 0 Å². The summed E-state index contributed by atoms with van der Waals surface area (Å²) in [7, 11) is 0. The van der Waals surface area contributed by atoms with Gasteiger partial charge in [0.1, 0.15) is 3.70 Å². The molecule has 0 fully saturated rings. The highest BCUT2D eigenvalue weighted by Gasteiger charge is 1.96. The first-order valence-corrected chi connectivity index (χ1v) is 6.33. The molecule has 14 heavy (non-hydrogen) atoms. The molecule has 2 nitrogen and oxygen atoms in total. The normalized spacial score (nSPS) is 10.4. The van der Waals surface area contributed by atoms with E-state index in [1.54, 1.807) is 0 Å². The van der Waals surface area contributed by atoms with Gasteiger partial charge >= 0.3 is 0 Å². The lowest BCUT2D eigenvalue weighted by Crippen LogP contribution is -2.00. The van der Waals surface area contributed by atoms with Gasteiger partial charge in [0.25, 0.3) is 0 Å². The second-order valence-corrected chi connectivity index (χ2v) is 5.31. The highest BCUT2D eigenvalue weighted by Crippen LogP contribution is 2.08. The standard InChI is InChI=1S/C10H8I2N2/c11-9-3-1-8(2-4-9)7-14-6-5-10(12)13-14/h1-6H,7H2. The Balaban J connectivity index is 2.15. The van der Waals surface area contributed by atoms with E-state index in [0.29, 0.717) is 0 Å². The molecule has 0 bridgehead atoms. The van der Waals surface area contributed by atoms with Gasteiger partial charge in [-0.1, -0.05) is 12.1 Å². The van der Waals surface area contributed by atoms with Crippen molar-refractivity contribution in [2.75, 3.05) is 0 Å². The van der Waals surface area contributed by atoms with E-state index in [0.717, 1.165) is 10.2 Å². The van der Waals surface area contributed by atoms with Gasteiger partial charge in [0.2, 0.25) is 0 Å². The second-order valence-electron chi connectivity index (χ2n) is 2.96. The predicted octanol–water partition coefficient (Wildman–Crippen LogP) is 3.14. The molecule has 1 aromatic heterocycles. The number of nitrogens with zero attached hydrogens (tertiary/aromatic N) is 2. The molecule has 0 radical (unpaired) electrons. The van der Waals surface area contributed by atoms with Crippen molar-refractivity contribution in [3.8, 4) is 0 Å². The average Bonchev–Trinajstić information content (AvgIpc) is 2.56. The van der Waals surface area contributed by atoms with Gasteiger partial charge in [0, 0.05) is 9.77 Å². The van der Waals surface area contributed by atoms with E-state index >= 15 is 0 Å². The van der Waals surface area contributed by atoms with E-state index in [1.807, 2.05) is 16.9 Å². The Labute approximate surface area is 110 Å². The van der Waals surface area contributed by atoms with Crippen LogP contribution in [0.25, 0.3) is 0 Å². The molecule has 2 rings (SSSR count). The molecule has 0 N–H and O–H groups in total. The zero-order valence-corrected chi connectivity index (χ0v) is 11.6. The smallest absolute Gasteiger partial charge is 0.123 e. The van der Waals surface area contributed by atoms with Crippen LogP contribution < -0.4 is 0 Å². The molecule has 0 saturated heterocycles. The average molecular weight is 410 g/mol. The molecule has 1 aromatic carbocycles. The SMILES string of the molecule is Ic1ccc(Cn2ccc(I)n2)cc1. The number of benzene rings is 1. The second kappa shape index (κ2) is 4.61. The fraction of sp³-hybridized carbons (Fsp3) is 0.100. The minimum atomic E-state index is 0.847. The number of aromatic nitrogens is 2. The van der Waals surface area contributed by atoms with Crippen LogP contribution in [-0.4, -0.2) is 9.78 Å². The maximum Gasteiger partial charge on any atom is 0.123 e. The molecule has 72 valence electrons. The fourth-order valence-corrected chi connectivity index (χ4v) is 2.00. The van der Waals surface area contributed by atoms with Crippen LogP contribution in [0.5, 0.6) is 0 Å². The summed E-state index contributed by atoms with van der Waals surface area (Å²) in [4.78, 5) is 0. The lowest BCUT2D eigenvalue weighted by molar-refractivity contribution is 0.681. The van der Waals surface area contributed by atoms with Gasteiger partial charge in [-0.3, -0.25) is 4.68 Å². The Hall–Kier alpha value is -0.110. The molecule has 0 unspecified atom stereocenters. The number of rotatable bonds is 2. The zero-order valence-electron chi connectivity index (χ0n) is 7.32. The summed E-state index contributed by atoms with van der Waals surface area (Å²) in [5.41, 5.74) is 1.28. The summed E-state index contributed by atoms with van der Waals surface area (Å²) in [6.45, 7) is 0.847. The van der Waals surface area contributed by atoms with Crippen molar-refractivity contribution in [1.82, 2.24) is 9.78 Å². The summed E-state index contributed by atoms with van der Waals surface area (Å²) in [5, 5.41) is 4.33. The summed E-state index contributed by atoms with van der Waals surface area (Å²) < 4.78 is 4.25. The van der Waals surface area contributed by atoms with Crippen molar-refractivity contribution in [1.29, 1.82) is 0 Å². The maximum absolute atomic E-state index is 4.33. The van der Waals surface area contributed by atoms with Crippen molar-refractivity contribution in [2.45, 2.75) is 6.54 Å². The third-order valence-electron chi connectivity index (χ3n) is 1.87. The van der Waals surface area contributed by atoms with Crippen LogP contribution in [0, 0.1) is 7.27 Å². The highest BCUT2D eigenvalue weighted by atomic mass is 127. The lowest BCUT2D eigenvalue weighted by Gasteiger charge is -2.01. The number of hydrogen-bond acceptors (Lipinski definition) is 1. The van der Waals surface area contributed by atoms with Gasteiger partial charge in [-0.15, -0.1) is 0 Å². The summed E-state index contributed by atoms with van der Waals surface area (Å²) in [6, 6.07) is 10.5. The Morgan fingerprint density at radius 1 is 1.07 bits per heavy atom. The Kier molecular flexibility index (Phi) is 3.42. The van der Waals surface area contributed by atoms with Crippen molar-refractivity contribution in [2.24, 2.45) is 0 Å². The molecule has 0 saturated carbocycles. The first-order valence-electron chi connectivity index (χ1n) is 4.17. The van der Waals surface area contributed by atoms with Crippen LogP contribution in [0.1, 0.15) is 5.56 Å². The van der Waals surface area contributed by atoms with Gasteiger partial charge < -0.3 is 0 Å². The Morgan fingerprint density at radius 2 is 1.79 bits per heavy atom. The fourth-order valence-electron chi connectivity index (χ4n) is 1.20. The predicted molar refractivity (Wildman–Crippen MR) is 73.2 cm³/mol. The molecule has 0 aliphatic heterocycles. The molecule has 0 spiro atoms. The molecular formula is C10H8I2N2. The van der Waals surface area contributed by atoms with Crippen molar-refractivity contribution < 1.29 is 0 Å². The summed E-state index contributed by atoms with van der Waals surface area (Å²) in [5.74, 6) is 0. The Bertz CT molecular complexity index is 420. The molecule has 0 aliphatic rings. The van der Waals surface area contributed by atoms with E-state index in [-0.39, 0.29) is 0 Å². The van der Waals surface area contributed by atoms with Gasteiger partial charge in [0.05, 0.1) is 6.54 Å². The van der Waals surface area contributed by atoms with Crippen LogP contribution in [0.4, 0.5) is 0 Å². The first kappa shape index (κ1) is 10.4. The zero-order chi connectivity index (χ0) is 9.97. The van der Waals surface area contributed by atoms with E-state index in [4.69, 9.17) is 0 Å². The van der Waals surface area contributed by atoms with Gasteiger partial charge in [-0.25, -0.2) is 0 Å². The van der Waals surface area contributed by atoms with E-state index in [2.05, 4.69) is 74.5 Å². The maximum atomic E-state index is 4.33. The molecule has 4 heteroatoms. The van der Waals surface area contributed by atoms with Crippen molar-refractivity contribution >= 4 is 45.2 Å². The Morgan fingerprint density at radius 3 is 2.36 bits per heavy atom. The molecular weight excluding hydrogens is 402 g/mol. The monoisotopic (exact) mass is 410 g/mol. The molecule has 0 aliphatic carbocycles. The highest BCUT2D eigenvalue weighted by molar-refractivity contribution is 14.1. The van der Waals surface area contributed by atoms with Gasteiger partial charge in [-0.05, 0) is 68.9 Å². The quantitative estimate of drug-likeness (QED) is 0.697. The largest absolute Gasteiger partial charge is 0.267 e. The summed E-state index contributed by atoms with van der Waals surface area (Å²) in [6.07, 6.45) is 2.00. The van der Waals surface area contributed by atoms with Crippen LogP contribution in [0.15, 0.2) is 36.5 Å². The van der Waals surface area contributed by atoms with E-state index in [1.165, 1.54) is 9.13 Å². The third-order valence-corrected chi connectivity index (χ3v) is 3.16. The third kappa shape index (κ3) is 2.69. The molecule has 0 amide bonds. The lowest BCUT2D eigenvalue weighted by atomic mass is 10.2. The minimum absolute atomic E-state index is 0.847. The number of hydrogen-bond donors (Lipinski definition) is 0. The van der Waals surface area contributed by atoms with Gasteiger partial charge in [0.15, 0.2) is 0 Å². The topological polar surface area (TPSA) is 17.8 Å². The molecule has 0 atom stereocenters. The van der Waals surface area contributed by atoms with E-state index in [9.17, 15) is 0 Å². The van der Waals surface area contributed by atoms with Crippen LogP contribution in [-0.2, 0) is 6.54 Å². The van der Waals surface area contributed by atoms with Gasteiger partial charge in [-0.2, -0.15) is 5.10 Å². The van der Waals surface area contributed by atoms with Crippen molar-refractivity contribution in [3.63, 3.8) is 0 Å². The molecule has 2 aromatic rings. The van der Waals surface area contributed by atoms with Crippen LogP contribution >= 0.6 is 45.2 Å². The van der Waals surface area contributed by atoms with Crippen molar-refractivity contribution in [3.05, 3.63) is 49.4 Å². The van der Waals surface area contributed by atoms with Crippen LogP contribution in [0.3, 0.4) is 0 Å². The van der Waals surface area contributed by atoms with E-state index < -0.39 is 0 Å². The first-order chi connectivity index (χ1) is 6.74.